The standard InChI is InChI=1S/C48H40N6O6S4/c1-29-12-22-39-43(27-29)62-47(49-39)51-45(55)31-13-18-35(19-14-31)63(57,58)53-25-6-8-34-28-33(17-23-40(34)53)37-24-26-54(41-10-4-3-9-38(37)41)64(59,60)36-20-15-32(16-21-36)46(56)52-48-50-44-30(2)7-5-11-42(44)61-48/h3-5,7,9-23,27-28,37H,6,8,24-26H2,1-2H3,(H,49,51,55)(H,50,52,56). The third-order valence-corrected chi connectivity index (χ3v) is 17.3. The molecular weight excluding hydrogens is 885 g/mol. The molecule has 2 aliphatic rings. The fraction of sp³-hybridized carbons (Fsp3) is 0.167. The molecule has 2 aromatic heterocycles. The first-order valence-corrected chi connectivity index (χ1v) is 25.2. The number of aryl methyl sites for hydroxylation is 3. The summed E-state index contributed by atoms with van der Waals surface area (Å²) in [5.74, 6) is -0.902. The maximum atomic E-state index is 14.2. The number of thiazole rings is 2. The topological polar surface area (TPSA) is 159 Å². The largest absolute Gasteiger partial charge is 0.298 e. The van der Waals surface area contributed by atoms with Crippen molar-refractivity contribution in [3.63, 3.8) is 0 Å². The van der Waals surface area contributed by atoms with E-state index in [0.29, 0.717) is 58.6 Å². The number of hydrogen-bond acceptors (Lipinski definition) is 10. The number of nitrogens with zero attached hydrogens (tertiary/aromatic N) is 4. The van der Waals surface area contributed by atoms with Crippen LogP contribution in [-0.4, -0.2) is 51.7 Å². The molecule has 2 aliphatic heterocycles. The number of carbonyl (C=O) groups is 2. The van der Waals surface area contributed by atoms with Crippen molar-refractivity contribution in [1.82, 2.24) is 9.97 Å². The minimum absolute atomic E-state index is 0.0698. The maximum absolute atomic E-state index is 14.2. The number of aromatic nitrogens is 2. The van der Waals surface area contributed by atoms with E-state index in [1.54, 1.807) is 0 Å². The Labute approximate surface area is 378 Å². The number of anilines is 4. The third-order valence-electron chi connectivity index (χ3n) is 11.8. The number of hydrogen-bond donors (Lipinski definition) is 2. The van der Waals surface area contributed by atoms with Gasteiger partial charge in [0.25, 0.3) is 31.9 Å². The predicted molar refractivity (Wildman–Crippen MR) is 254 cm³/mol. The molecule has 64 heavy (non-hydrogen) atoms. The van der Waals surface area contributed by atoms with Crippen LogP contribution in [0.5, 0.6) is 0 Å². The molecule has 6 aromatic carbocycles. The highest BCUT2D eigenvalue weighted by molar-refractivity contribution is 7.93. The number of carbonyl (C=O) groups excluding carboxylic acids is 2. The number of rotatable bonds is 9. The average Bonchev–Trinajstić information content (AvgIpc) is 3.91. The molecule has 16 heteroatoms. The smallest absolute Gasteiger partial charge is 0.264 e. The van der Waals surface area contributed by atoms with E-state index in [-0.39, 0.29) is 34.1 Å². The van der Waals surface area contributed by atoms with Crippen LogP contribution in [0.2, 0.25) is 0 Å². The summed E-state index contributed by atoms with van der Waals surface area (Å²) in [7, 11) is -7.97. The molecule has 0 aliphatic carbocycles. The second kappa shape index (κ2) is 16.3. The van der Waals surface area contributed by atoms with E-state index >= 15 is 0 Å². The molecule has 0 radical (unpaired) electrons. The highest BCUT2D eigenvalue weighted by Gasteiger charge is 2.35. The molecule has 0 bridgehead atoms. The maximum Gasteiger partial charge on any atom is 0.264 e. The molecule has 0 saturated carbocycles. The molecule has 4 heterocycles. The summed E-state index contributed by atoms with van der Waals surface area (Å²) < 4.78 is 61.6. The van der Waals surface area contributed by atoms with Crippen LogP contribution in [0.3, 0.4) is 0 Å². The SMILES string of the molecule is Cc1ccc2nc(NC(=O)c3ccc(S(=O)(=O)N4CCCc5cc(C6CCN(S(=O)(=O)c7ccc(C(=O)Nc8nc9c(C)cccc9s8)cc7)c7ccccc76)ccc54)cc3)sc2c1. The predicted octanol–water partition coefficient (Wildman–Crippen LogP) is 9.90. The lowest BCUT2D eigenvalue weighted by atomic mass is 9.84. The molecule has 10 rings (SSSR count). The molecule has 322 valence electrons. The van der Waals surface area contributed by atoms with Crippen LogP contribution in [0, 0.1) is 13.8 Å². The first-order chi connectivity index (χ1) is 30.8. The van der Waals surface area contributed by atoms with Gasteiger partial charge in [-0.25, -0.2) is 26.8 Å². The van der Waals surface area contributed by atoms with Gasteiger partial charge < -0.3 is 0 Å². The number of amides is 2. The van der Waals surface area contributed by atoms with E-state index in [1.807, 2.05) is 86.6 Å². The van der Waals surface area contributed by atoms with Crippen molar-refractivity contribution in [3.8, 4) is 0 Å². The molecule has 2 amide bonds. The van der Waals surface area contributed by atoms with Crippen molar-refractivity contribution in [2.75, 3.05) is 32.3 Å². The summed E-state index contributed by atoms with van der Waals surface area (Å²) in [5, 5.41) is 6.61. The second-order valence-electron chi connectivity index (χ2n) is 15.9. The van der Waals surface area contributed by atoms with Gasteiger partial charge in [0.05, 0.1) is 41.6 Å². The summed E-state index contributed by atoms with van der Waals surface area (Å²) in [6.07, 6.45) is 1.80. The zero-order valence-corrected chi connectivity index (χ0v) is 37.9. The lowest BCUT2D eigenvalue weighted by Gasteiger charge is -2.36. The Kier molecular flexibility index (Phi) is 10.6. The van der Waals surface area contributed by atoms with Gasteiger partial charge in [0, 0.05) is 30.1 Å². The van der Waals surface area contributed by atoms with E-state index in [9.17, 15) is 26.4 Å². The Balaban J connectivity index is 0.844. The number of benzene rings is 6. The minimum Gasteiger partial charge on any atom is -0.298 e. The highest BCUT2D eigenvalue weighted by atomic mass is 32.2. The number of sulfonamides is 2. The van der Waals surface area contributed by atoms with E-state index < -0.39 is 20.0 Å². The first kappa shape index (κ1) is 41.5. The molecule has 0 spiro atoms. The van der Waals surface area contributed by atoms with Crippen LogP contribution >= 0.6 is 22.7 Å². The molecule has 0 saturated heterocycles. The fourth-order valence-electron chi connectivity index (χ4n) is 8.55. The lowest BCUT2D eigenvalue weighted by Crippen LogP contribution is -2.37. The van der Waals surface area contributed by atoms with Crippen LogP contribution in [0.25, 0.3) is 20.4 Å². The minimum atomic E-state index is -4.00. The molecule has 8 aromatic rings. The molecule has 2 N–H and O–H groups in total. The van der Waals surface area contributed by atoms with E-state index in [4.69, 9.17) is 0 Å². The van der Waals surface area contributed by atoms with Crippen molar-refractivity contribution in [2.24, 2.45) is 0 Å². The number of nitrogens with one attached hydrogen (secondary N) is 2. The zero-order valence-electron chi connectivity index (χ0n) is 34.6. The average molecular weight is 925 g/mol. The second-order valence-corrected chi connectivity index (χ2v) is 21.7. The Morgan fingerprint density at radius 2 is 1.28 bits per heavy atom. The summed E-state index contributed by atoms with van der Waals surface area (Å²) in [4.78, 5) is 35.5. The van der Waals surface area contributed by atoms with E-state index in [2.05, 4.69) is 26.7 Å². The summed E-state index contributed by atoms with van der Waals surface area (Å²) in [6, 6.07) is 37.0. The Morgan fingerprint density at radius 1 is 0.641 bits per heavy atom. The van der Waals surface area contributed by atoms with Gasteiger partial charge in [0.2, 0.25) is 0 Å². The van der Waals surface area contributed by atoms with Gasteiger partial charge in [-0.05, 0) is 140 Å². The quantitative estimate of drug-likeness (QED) is 0.145. The van der Waals surface area contributed by atoms with Crippen molar-refractivity contribution in [1.29, 1.82) is 0 Å². The van der Waals surface area contributed by atoms with Gasteiger partial charge in [-0.1, -0.05) is 71.2 Å². The molecule has 0 fully saturated rings. The lowest BCUT2D eigenvalue weighted by molar-refractivity contribution is 0.101. The van der Waals surface area contributed by atoms with Gasteiger partial charge in [0.15, 0.2) is 10.3 Å². The Morgan fingerprint density at radius 3 is 1.97 bits per heavy atom. The first-order valence-electron chi connectivity index (χ1n) is 20.7. The van der Waals surface area contributed by atoms with Crippen molar-refractivity contribution in [2.45, 2.75) is 48.8 Å². The molecular formula is C48H40N6O6S4. The van der Waals surface area contributed by atoms with Gasteiger partial charge in [-0.15, -0.1) is 0 Å². The number of para-hydroxylation sites is 2. The van der Waals surface area contributed by atoms with Crippen LogP contribution in [0.1, 0.15) is 67.3 Å². The molecule has 12 nitrogen and oxygen atoms in total. The highest BCUT2D eigenvalue weighted by Crippen LogP contribution is 2.44. The van der Waals surface area contributed by atoms with E-state index in [1.165, 1.54) is 79.8 Å². The summed E-state index contributed by atoms with van der Waals surface area (Å²) >= 11 is 2.76. The van der Waals surface area contributed by atoms with Crippen molar-refractivity contribution in [3.05, 3.63) is 166 Å². The van der Waals surface area contributed by atoms with Crippen LogP contribution < -0.4 is 19.2 Å². The van der Waals surface area contributed by atoms with Gasteiger partial charge in [-0.3, -0.25) is 28.8 Å². The van der Waals surface area contributed by atoms with Crippen molar-refractivity contribution >= 4 is 96.6 Å². The Hall–Kier alpha value is -6.46. The van der Waals surface area contributed by atoms with Crippen molar-refractivity contribution < 1.29 is 26.4 Å². The van der Waals surface area contributed by atoms with Crippen LogP contribution in [0.4, 0.5) is 21.6 Å². The Bertz CT molecular complexity index is 3390. The summed E-state index contributed by atoms with van der Waals surface area (Å²) in [5.41, 5.74) is 8.24. The van der Waals surface area contributed by atoms with Crippen LogP contribution in [0.15, 0.2) is 137 Å². The van der Waals surface area contributed by atoms with Crippen LogP contribution in [-0.2, 0) is 26.5 Å². The zero-order chi connectivity index (χ0) is 44.3. The van der Waals surface area contributed by atoms with Gasteiger partial charge in [-0.2, -0.15) is 0 Å². The summed E-state index contributed by atoms with van der Waals surface area (Å²) in [6.45, 7) is 4.49. The van der Waals surface area contributed by atoms with Gasteiger partial charge >= 0.3 is 0 Å². The molecule has 1 unspecified atom stereocenters. The monoisotopic (exact) mass is 924 g/mol. The molecule has 1 atom stereocenters. The number of fused-ring (bicyclic) bond motifs is 4. The normalized spacial score (nSPS) is 15.2. The van der Waals surface area contributed by atoms with E-state index in [0.717, 1.165) is 48.3 Å². The fourth-order valence-corrected chi connectivity index (χ4v) is 13.5. The van der Waals surface area contributed by atoms with Gasteiger partial charge in [0.1, 0.15) is 0 Å². The third kappa shape index (κ3) is 7.59.